The van der Waals surface area contributed by atoms with E-state index >= 15 is 0 Å². The van der Waals surface area contributed by atoms with Crippen molar-refractivity contribution in [1.29, 1.82) is 0 Å². The number of aromatic nitrogens is 3. The maximum absolute atomic E-state index is 11.0. The van der Waals surface area contributed by atoms with Gasteiger partial charge in [-0.2, -0.15) is 4.80 Å². The summed E-state index contributed by atoms with van der Waals surface area (Å²) in [6, 6.07) is 5.44. The van der Waals surface area contributed by atoms with E-state index < -0.39 is 5.60 Å². The lowest BCUT2D eigenvalue weighted by Gasteiger charge is -2.40. The first-order valence-corrected chi connectivity index (χ1v) is 7.71. The Hall–Kier alpha value is -1.65. The molecule has 0 spiro atoms. The Morgan fingerprint density at radius 2 is 1.91 bits per heavy atom. The minimum atomic E-state index is -0.918. The van der Waals surface area contributed by atoms with E-state index in [1.165, 1.54) is 0 Å². The van der Waals surface area contributed by atoms with Crippen molar-refractivity contribution in [2.75, 3.05) is 0 Å². The summed E-state index contributed by atoms with van der Waals surface area (Å²) < 4.78 is 0. The van der Waals surface area contributed by atoms with Crippen molar-refractivity contribution in [2.45, 2.75) is 39.7 Å². The van der Waals surface area contributed by atoms with Gasteiger partial charge in [0.25, 0.3) is 0 Å². The van der Waals surface area contributed by atoms with Crippen LogP contribution in [0.3, 0.4) is 0 Å². The van der Waals surface area contributed by atoms with Crippen LogP contribution in [-0.4, -0.2) is 25.7 Å². The number of fused-ring (bicyclic) bond motifs is 1. The van der Waals surface area contributed by atoms with E-state index in [1.807, 2.05) is 45.9 Å². The molecule has 1 aliphatic carbocycles. The first-order valence-electron chi connectivity index (χ1n) is 7.33. The van der Waals surface area contributed by atoms with E-state index in [1.54, 1.807) is 16.9 Å². The summed E-state index contributed by atoms with van der Waals surface area (Å²) in [5.41, 5.74) is 2.24. The molecule has 0 fully saturated rings. The van der Waals surface area contributed by atoms with Crippen LogP contribution in [0.25, 0.3) is 16.7 Å². The smallest absolute Gasteiger partial charge is 0.115 e. The molecule has 2 aromatic rings. The zero-order valence-electron chi connectivity index (χ0n) is 13.3. The molecule has 22 heavy (non-hydrogen) atoms. The lowest BCUT2D eigenvalue weighted by atomic mass is 9.71. The SMILES string of the molecule is CC1=CC(O)(C(C)(C)C)CC(n2nc3ccc(Cl)cc3n2)=C1. The van der Waals surface area contributed by atoms with Gasteiger partial charge in [0.2, 0.25) is 0 Å². The molecule has 0 aliphatic heterocycles. The predicted molar refractivity (Wildman–Crippen MR) is 89.6 cm³/mol. The quantitative estimate of drug-likeness (QED) is 0.863. The third-order valence-corrected chi connectivity index (χ3v) is 4.44. The zero-order valence-corrected chi connectivity index (χ0v) is 14.0. The molecule has 1 aromatic carbocycles. The van der Waals surface area contributed by atoms with Crippen LogP contribution in [0, 0.1) is 5.41 Å². The molecule has 116 valence electrons. The molecule has 3 rings (SSSR count). The molecule has 1 N–H and O–H groups in total. The average molecular weight is 318 g/mol. The van der Waals surface area contributed by atoms with E-state index in [-0.39, 0.29) is 5.41 Å². The fourth-order valence-corrected chi connectivity index (χ4v) is 2.85. The van der Waals surface area contributed by atoms with Gasteiger partial charge in [-0.05, 0) is 42.7 Å². The molecule has 0 radical (unpaired) electrons. The van der Waals surface area contributed by atoms with Crippen LogP contribution in [0.5, 0.6) is 0 Å². The Kier molecular flexibility index (Phi) is 3.42. The fraction of sp³-hybridized carbons (Fsp3) is 0.412. The van der Waals surface area contributed by atoms with E-state index in [0.717, 1.165) is 22.3 Å². The van der Waals surface area contributed by atoms with Gasteiger partial charge in [0, 0.05) is 11.4 Å². The Labute approximate surface area is 135 Å². The van der Waals surface area contributed by atoms with Crippen LogP contribution >= 0.6 is 11.6 Å². The van der Waals surface area contributed by atoms with Crippen LogP contribution in [0.15, 0.2) is 35.9 Å². The third kappa shape index (κ3) is 2.57. The second-order valence-corrected chi connectivity index (χ2v) is 7.43. The molecule has 4 nitrogen and oxygen atoms in total. The summed E-state index contributed by atoms with van der Waals surface area (Å²) >= 11 is 6.00. The van der Waals surface area contributed by atoms with Gasteiger partial charge < -0.3 is 5.11 Å². The first kappa shape index (κ1) is 15.3. The van der Waals surface area contributed by atoms with Crippen molar-refractivity contribution in [1.82, 2.24) is 15.0 Å². The number of halogens is 1. The van der Waals surface area contributed by atoms with Crippen LogP contribution in [0.4, 0.5) is 0 Å². The molecule has 1 atom stereocenters. The molecule has 0 saturated heterocycles. The predicted octanol–water partition coefficient (Wildman–Crippen LogP) is 4.05. The van der Waals surface area contributed by atoms with E-state index in [9.17, 15) is 5.11 Å². The molecular formula is C17H20ClN3O. The van der Waals surface area contributed by atoms with Gasteiger partial charge in [0.1, 0.15) is 11.0 Å². The second kappa shape index (κ2) is 4.93. The number of nitrogens with zero attached hydrogens (tertiary/aromatic N) is 3. The van der Waals surface area contributed by atoms with E-state index in [4.69, 9.17) is 11.6 Å². The molecule has 0 bridgehead atoms. The molecule has 1 unspecified atom stereocenters. The minimum absolute atomic E-state index is 0.274. The van der Waals surface area contributed by atoms with Crippen molar-refractivity contribution >= 4 is 28.3 Å². The first-order chi connectivity index (χ1) is 10.2. The Morgan fingerprint density at radius 3 is 2.59 bits per heavy atom. The van der Waals surface area contributed by atoms with Crippen LogP contribution < -0.4 is 0 Å². The number of allylic oxidation sites excluding steroid dienone is 2. The van der Waals surface area contributed by atoms with E-state index in [0.29, 0.717) is 11.4 Å². The summed E-state index contributed by atoms with van der Waals surface area (Å²) in [6.07, 6.45) is 4.42. The van der Waals surface area contributed by atoms with Crippen molar-refractivity contribution in [3.8, 4) is 0 Å². The summed E-state index contributed by atoms with van der Waals surface area (Å²) in [4.78, 5) is 1.61. The molecule has 0 saturated carbocycles. The molecule has 1 heterocycles. The lowest BCUT2D eigenvalue weighted by molar-refractivity contribution is -0.0116. The van der Waals surface area contributed by atoms with Crippen molar-refractivity contribution in [2.24, 2.45) is 5.41 Å². The highest BCUT2D eigenvalue weighted by Crippen LogP contribution is 2.41. The maximum atomic E-state index is 11.0. The van der Waals surface area contributed by atoms with Gasteiger partial charge in [-0.25, -0.2) is 0 Å². The topological polar surface area (TPSA) is 50.9 Å². The van der Waals surface area contributed by atoms with Crippen LogP contribution in [0.2, 0.25) is 5.02 Å². The van der Waals surface area contributed by atoms with Gasteiger partial charge in [0.15, 0.2) is 0 Å². The van der Waals surface area contributed by atoms with Crippen LogP contribution in [-0.2, 0) is 0 Å². The summed E-state index contributed by atoms with van der Waals surface area (Å²) in [5.74, 6) is 0. The minimum Gasteiger partial charge on any atom is -0.385 e. The third-order valence-electron chi connectivity index (χ3n) is 4.21. The molecule has 5 heteroatoms. The molecule has 1 aromatic heterocycles. The Morgan fingerprint density at radius 1 is 1.23 bits per heavy atom. The summed E-state index contributed by atoms with van der Waals surface area (Å²) in [7, 11) is 0. The summed E-state index contributed by atoms with van der Waals surface area (Å²) in [6.45, 7) is 8.08. The number of benzene rings is 1. The number of hydrogen-bond donors (Lipinski definition) is 1. The molecule has 1 aliphatic rings. The van der Waals surface area contributed by atoms with Gasteiger partial charge in [-0.15, -0.1) is 10.2 Å². The lowest BCUT2D eigenvalue weighted by Crippen LogP contribution is -2.43. The molecular weight excluding hydrogens is 298 g/mol. The highest BCUT2D eigenvalue weighted by atomic mass is 35.5. The monoisotopic (exact) mass is 317 g/mol. The van der Waals surface area contributed by atoms with Gasteiger partial charge in [0.05, 0.1) is 11.3 Å². The summed E-state index contributed by atoms with van der Waals surface area (Å²) in [5, 5.41) is 20.7. The normalized spacial score (nSPS) is 22.6. The Bertz CT molecular complexity index is 798. The number of rotatable bonds is 1. The Balaban J connectivity index is 2.05. The highest BCUT2D eigenvalue weighted by molar-refractivity contribution is 6.31. The largest absolute Gasteiger partial charge is 0.385 e. The van der Waals surface area contributed by atoms with Crippen molar-refractivity contribution in [3.05, 3.63) is 40.9 Å². The average Bonchev–Trinajstić information content (AvgIpc) is 2.79. The number of aliphatic hydroxyl groups is 1. The van der Waals surface area contributed by atoms with Crippen molar-refractivity contribution in [3.63, 3.8) is 0 Å². The van der Waals surface area contributed by atoms with Gasteiger partial charge >= 0.3 is 0 Å². The number of hydrogen-bond acceptors (Lipinski definition) is 3. The van der Waals surface area contributed by atoms with Gasteiger partial charge in [-0.3, -0.25) is 0 Å². The maximum Gasteiger partial charge on any atom is 0.115 e. The standard InChI is InChI=1S/C17H20ClN3O/c1-11-7-13(10-17(22,9-11)16(2,3)4)21-19-14-6-5-12(18)8-15(14)20-21/h5-9,22H,10H2,1-4H3. The van der Waals surface area contributed by atoms with Crippen LogP contribution in [0.1, 0.15) is 34.1 Å². The van der Waals surface area contributed by atoms with Crippen molar-refractivity contribution < 1.29 is 5.11 Å². The fourth-order valence-electron chi connectivity index (χ4n) is 2.69. The highest BCUT2D eigenvalue weighted by Gasteiger charge is 2.41. The van der Waals surface area contributed by atoms with E-state index in [2.05, 4.69) is 10.2 Å². The molecule has 0 amide bonds. The zero-order chi connectivity index (χ0) is 16.1. The second-order valence-electron chi connectivity index (χ2n) is 7.00. The van der Waals surface area contributed by atoms with Gasteiger partial charge in [-0.1, -0.05) is 37.9 Å².